The van der Waals surface area contributed by atoms with Gasteiger partial charge in [-0.25, -0.2) is 4.79 Å². The number of anilines is 1. The molecule has 0 radical (unpaired) electrons. The van der Waals surface area contributed by atoms with Crippen molar-refractivity contribution >= 4 is 11.7 Å². The summed E-state index contributed by atoms with van der Waals surface area (Å²) in [7, 11) is 0. The maximum absolute atomic E-state index is 13.1. The number of para-hydroxylation sites is 1. The van der Waals surface area contributed by atoms with Crippen molar-refractivity contribution < 1.29 is 4.79 Å². The molecule has 1 fully saturated rings. The van der Waals surface area contributed by atoms with Crippen molar-refractivity contribution in [3.63, 3.8) is 0 Å². The number of nitrogens with zero attached hydrogens (tertiary/aromatic N) is 3. The van der Waals surface area contributed by atoms with Gasteiger partial charge in [-0.2, -0.15) is 5.10 Å². The number of hydrogen-bond acceptors (Lipinski definition) is 2. The number of urea groups is 1. The van der Waals surface area contributed by atoms with Crippen LogP contribution in [-0.2, 0) is 6.54 Å². The van der Waals surface area contributed by atoms with E-state index in [-0.39, 0.29) is 12.1 Å². The number of amides is 2. The average molecular weight is 360 g/mol. The van der Waals surface area contributed by atoms with Crippen molar-refractivity contribution in [1.29, 1.82) is 0 Å². The van der Waals surface area contributed by atoms with E-state index in [1.165, 1.54) is 11.1 Å². The fraction of sp³-hybridized carbons (Fsp3) is 0.273. The normalized spacial score (nSPS) is 16.5. The number of likely N-dealkylation sites (tertiary alicyclic amines) is 1. The molecule has 0 bridgehead atoms. The molecule has 1 aromatic heterocycles. The highest BCUT2D eigenvalue weighted by Crippen LogP contribution is 2.34. The third-order valence-corrected chi connectivity index (χ3v) is 5.21. The molecule has 5 nitrogen and oxygen atoms in total. The van der Waals surface area contributed by atoms with E-state index in [0.29, 0.717) is 6.54 Å². The van der Waals surface area contributed by atoms with Gasteiger partial charge in [-0.1, -0.05) is 42.5 Å². The topological polar surface area (TPSA) is 50.2 Å². The van der Waals surface area contributed by atoms with Crippen molar-refractivity contribution in [2.45, 2.75) is 32.4 Å². The van der Waals surface area contributed by atoms with E-state index in [9.17, 15) is 4.79 Å². The summed E-state index contributed by atoms with van der Waals surface area (Å²) in [6, 6.07) is 18.3. The zero-order valence-electron chi connectivity index (χ0n) is 15.5. The zero-order valence-corrected chi connectivity index (χ0v) is 15.5. The molecular weight excluding hydrogens is 336 g/mol. The number of nitrogens with one attached hydrogen (secondary N) is 1. The summed E-state index contributed by atoms with van der Waals surface area (Å²) in [6.45, 7) is 3.53. The molecule has 0 spiro atoms. The zero-order chi connectivity index (χ0) is 18.6. The summed E-state index contributed by atoms with van der Waals surface area (Å²) in [6.07, 6.45) is 5.72. The predicted octanol–water partition coefficient (Wildman–Crippen LogP) is 4.61. The van der Waals surface area contributed by atoms with Crippen molar-refractivity contribution in [3.05, 3.63) is 83.7 Å². The molecule has 2 aromatic carbocycles. The van der Waals surface area contributed by atoms with Crippen LogP contribution in [0.3, 0.4) is 0 Å². The molecule has 4 rings (SSSR count). The van der Waals surface area contributed by atoms with Gasteiger partial charge in [-0.3, -0.25) is 4.68 Å². The first kappa shape index (κ1) is 17.3. The third kappa shape index (κ3) is 3.72. The van der Waals surface area contributed by atoms with Crippen LogP contribution in [0.5, 0.6) is 0 Å². The van der Waals surface area contributed by atoms with Gasteiger partial charge in [0, 0.05) is 24.6 Å². The molecule has 138 valence electrons. The number of benzene rings is 2. The molecular formula is C22H24N4O. The SMILES string of the molecule is Cc1ccccc1C1CCCN1C(=O)Nc1ccccc1Cn1cccn1. The second-order valence-electron chi connectivity index (χ2n) is 7.00. The summed E-state index contributed by atoms with van der Waals surface area (Å²) in [5, 5.41) is 7.39. The molecule has 27 heavy (non-hydrogen) atoms. The van der Waals surface area contributed by atoms with Gasteiger partial charge < -0.3 is 10.2 Å². The summed E-state index contributed by atoms with van der Waals surface area (Å²) in [5.74, 6) is 0. The van der Waals surface area contributed by atoms with E-state index < -0.39 is 0 Å². The number of carbonyl (C=O) groups excluding carboxylic acids is 1. The second kappa shape index (κ2) is 7.66. The van der Waals surface area contributed by atoms with Crippen molar-refractivity contribution in [1.82, 2.24) is 14.7 Å². The Labute approximate surface area is 159 Å². The van der Waals surface area contributed by atoms with Gasteiger partial charge in [0.2, 0.25) is 0 Å². The van der Waals surface area contributed by atoms with E-state index in [0.717, 1.165) is 30.6 Å². The van der Waals surface area contributed by atoms with Crippen molar-refractivity contribution in [2.24, 2.45) is 0 Å². The van der Waals surface area contributed by atoms with Gasteiger partial charge in [-0.15, -0.1) is 0 Å². The lowest BCUT2D eigenvalue weighted by atomic mass is 9.99. The summed E-state index contributed by atoms with van der Waals surface area (Å²) < 4.78 is 1.86. The van der Waals surface area contributed by atoms with E-state index in [2.05, 4.69) is 35.5 Å². The molecule has 2 heterocycles. The lowest BCUT2D eigenvalue weighted by Crippen LogP contribution is -2.35. The van der Waals surface area contributed by atoms with Gasteiger partial charge in [0.1, 0.15) is 0 Å². The van der Waals surface area contributed by atoms with Crippen LogP contribution in [0.4, 0.5) is 10.5 Å². The Morgan fingerprint density at radius 3 is 2.78 bits per heavy atom. The van der Waals surface area contributed by atoms with Crippen LogP contribution in [0.15, 0.2) is 67.0 Å². The summed E-state index contributed by atoms with van der Waals surface area (Å²) in [5.41, 5.74) is 4.37. The highest BCUT2D eigenvalue weighted by atomic mass is 16.2. The van der Waals surface area contributed by atoms with E-state index >= 15 is 0 Å². The molecule has 1 aliphatic heterocycles. The quantitative estimate of drug-likeness (QED) is 0.739. The molecule has 1 saturated heterocycles. The minimum atomic E-state index is -0.0336. The van der Waals surface area contributed by atoms with Crippen LogP contribution in [-0.4, -0.2) is 27.3 Å². The first-order chi connectivity index (χ1) is 13.2. The maximum atomic E-state index is 13.1. The second-order valence-corrected chi connectivity index (χ2v) is 7.00. The van der Waals surface area contributed by atoms with Crippen molar-refractivity contribution in [2.75, 3.05) is 11.9 Å². The van der Waals surface area contributed by atoms with Crippen LogP contribution in [0.2, 0.25) is 0 Å². The molecule has 3 aromatic rings. The van der Waals surface area contributed by atoms with E-state index in [1.54, 1.807) is 6.20 Å². The largest absolute Gasteiger partial charge is 0.322 e. The van der Waals surface area contributed by atoms with Crippen LogP contribution >= 0.6 is 0 Å². The van der Waals surface area contributed by atoms with Gasteiger partial charge in [-0.05, 0) is 48.6 Å². The number of aryl methyl sites for hydroxylation is 1. The van der Waals surface area contributed by atoms with Gasteiger partial charge >= 0.3 is 6.03 Å². The molecule has 1 atom stereocenters. The Morgan fingerprint density at radius 2 is 1.96 bits per heavy atom. The summed E-state index contributed by atoms with van der Waals surface area (Å²) >= 11 is 0. The molecule has 2 amide bonds. The highest BCUT2D eigenvalue weighted by molar-refractivity contribution is 5.90. The average Bonchev–Trinajstić information content (AvgIpc) is 3.35. The lowest BCUT2D eigenvalue weighted by Gasteiger charge is -2.27. The molecule has 1 N–H and O–H groups in total. The smallest absolute Gasteiger partial charge is 0.317 e. The van der Waals surface area contributed by atoms with Crippen LogP contribution in [0.1, 0.15) is 35.6 Å². The first-order valence-electron chi connectivity index (χ1n) is 9.41. The Kier molecular flexibility index (Phi) is 4.92. The lowest BCUT2D eigenvalue weighted by molar-refractivity contribution is 0.207. The van der Waals surface area contributed by atoms with Crippen LogP contribution in [0.25, 0.3) is 0 Å². The number of rotatable bonds is 4. The fourth-order valence-corrected chi connectivity index (χ4v) is 3.83. The molecule has 1 aliphatic rings. The predicted molar refractivity (Wildman–Crippen MR) is 107 cm³/mol. The first-order valence-corrected chi connectivity index (χ1v) is 9.41. The molecule has 1 unspecified atom stereocenters. The molecule has 5 heteroatoms. The summed E-state index contributed by atoms with van der Waals surface area (Å²) in [4.78, 5) is 15.0. The fourth-order valence-electron chi connectivity index (χ4n) is 3.83. The third-order valence-electron chi connectivity index (χ3n) is 5.21. The van der Waals surface area contributed by atoms with Gasteiger partial charge in [0.05, 0.1) is 12.6 Å². The molecule has 0 saturated carbocycles. The Morgan fingerprint density at radius 1 is 1.15 bits per heavy atom. The van der Waals surface area contributed by atoms with E-state index in [4.69, 9.17) is 0 Å². The van der Waals surface area contributed by atoms with Crippen LogP contribution in [0, 0.1) is 6.92 Å². The van der Waals surface area contributed by atoms with Gasteiger partial charge in [0.15, 0.2) is 0 Å². The highest BCUT2D eigenvalue weighted by Gasteiger charge is 2.31. The number of hydrogen-bond donors (Lipinski definition) is 1. The standard InChI is InChI=1S/C22H24N4O/c1-17-8-2-4-10-19(17)21-12-6-15-26(21)22(27)24-20-11-5-3-9-18(20)16-25-14-7-13-23-25/h2-5,7-11,13-14,21H,6,12,15-16H2,1H3,(H,24,27). The van der Waals surface area contributed by atoms with Crippen molar-refractivity contribution in [3.8, 4) is 0 Å². The minimum absolute atomic E-state index is 0.0336. The number of aromatic nitrogens is 2. The minimum Gasteiger partial charge on any atom is -0.317 e. The maximum Gasteiger partial charge on any atom is 0.322 e. The Bertz CT molecular complexity index is 920. The monoisotopic (exact) mass is 360 g/mol. The van der Waals surface area contributed by atoms with E-state index in [1.807, 2.05) is 52.2 Å². The number of carbonyl (C=O) groups is 1. The Hall–Kier alpha value is -3.08. The van der Waals surface area contributed by atoms with Gasteiger partial charge in [0.25, 0.3) is 0 Å². The molecule has 0 aliphatic carbocycles. The Balaban J connectivity index is 1.53. The van der Waals surface area contributed by atoms with Crippen LogP contribution < -0.4 is 5.32 Å².